The van der Waals surface area contributed by atoms with E-state index in [1.165, 1.54) is 4.90 Å². The van der Waals surface area contributed by atoms with Gasteiger partial charge in [0.15, 0.2) is 0 Å². The summed E-state index contributed by atoms with van der Waals surface area (Å²) in [6, 6.07) is 8.57. The van der Waals surface area contributed by atoms with Crippen LogP contribution in [-0.4, -0.2) is 18.4 Å². The molecular weight excluding hydrogens is 339 g/mol. The third-order valence-corrected chi connectivity index (χ3v) is 4.33. The maximum atomic E-state index is 12.2. The van der Waals surface area contributed by atoms with Crippen LogP contribution in [0.1, 0.15) is 12.2 Å². The smallest absolute Gasteiger partial charge is 0.227 e. The van der Waals surface area contributed by atoms with Crippen molar-refractivity contribution in [2.75, 3.05) is 11.4 Å². The lowest BCUT2D eigenvalue weighted by molar-refractivity contribution is -0.126. The lowest BCUT2D eigenvalue weighted by Crippen LogP contribution is -2.32. The van der Waals surface area contributed by atoms with Gasteiger partial charge in [-0.15, -0.1) is 0 Å². The minimum Gasteiger partial charge on any atom is -0.467 e. The maximum absolute atomic E-state index is 12.2. The zero-order valence-corrected chi connectivity index (χ0v) is 13.6. The fourth-order valence-electron chi connectivity index (χ4n) is 2.58. The highest BCUT2D eigenvalue weighted by atomic mass is 35.5. The summed E-state index contributed by atoms with van der Waals surface area (Å²) < 4.78 is 5.16. The number of halogens is 2. The molecule has 23 heavy (non-hydrogen) atoms. The van der Waals surface area contributed by atoms with Gasteiger partial charge in [0.2, 0.25) is 11.8 Å². The van der Waals surface area contributed by atoms with Crippen LogP contribution in [-0.2, 0) is 16.1 Å². The van der Waals surface area contributed by atoms with Crippen LogP contribution < -0.4 is 10.2 Å². The molecule has 1 aliphatic heterocycles. The van der Waals surface area contributed by atoms with E-state index in [9.17, 15) is 9.59 Å². The van der Waals surface area contributed by atoms with Crippen molar-refractivity contribution < 1.29 is 14.0 Å². The summed E-state index contributed by atoms with van der Waals surface area (Å²) in [5, 5.41) is 3.55. The van der Waals surface area contributed by atoms with E-state index in [1.54, 1.807) is 36.6 Å². The van der Waals surface area contributed by atoms with Gasteiger partial charge in [-0.3, -0.25) is 9.59 Å². The molecule has 1 aliphatic rings. The molecule has 0 aliphatic carbocycles. The zero-order valence-electron chi connectivity index (χ0n) is 12.1. The van der Waals surface area contributed by atoms with Crippen molar-refractivity contribution in [1.29, 1.82) is 0 Å². The molecule has 0 bridgehead atoms. The molecule has 120 valence electrons. The Morgan fingerprint density at radius 3 is 2.65 bits per heavy atom. The molecule has 1 saturated heterocycles. The van der Waals surface area contributed by atoms with Gasteiger partial charge in [0, 0.05) is 13.0 Å². The SMILES string of the molecule is O=C(NCc1ccco1)C1CC(=O)N(c2c(Cl)cccc2Cl)C1. The van der Waals surface area contributed by atoms with E-state index < -0.39 is 5.92 Å². The third kappa shape index (κ3) is 3.35. The second kappa shape index (κ2) is 6.64. The van der Waals surface area contributed by atoms with Crippen molar-refractivity contribution in [2.24, 2.45) is 5.92 Å². The van der Waals surface area contributed by atoms with Gasteiger partial charge >= 0.3 is 0 Å². The predicted molar refractivity (Wildman–Crippen MR) is 87.5 cm³/mol. The number of carbonyl (C=O) groups excluding carboxylic acids is 2. The van der Waals surface area contributed by atoms with Gasteiger partial charge in [0.1, 0.15) is 5.76 Å². The Hall–Kier alpha value is -1.98. The fraction of sp³-hybridized carbons (Fsp3) is 0.250. The monoisotopic (exact) mass is 352 g/mol. The van der Waals surface area contributed by atoms with E-state index in [0.29, 0.717) is 28.0 Å². The molecule has 0 saturated carbocycles. The number of nitrogens with one attached hydrogen (secondary N) is 1. The van der Waals surface area contributed by atoms with Crippen molar-refractivity contribution >= 4 is 40.7 Å². The summed E-state index contributed by atoms with van der Waals surface area (Å²) in [6.45, 7) is 0.551. The summed E-state index contributed by atoms with van der Waals surface area (Å²) in [5.41, 5.74) is 0.460. The number of furan rings is 1. The highest BCUT2D eigenvalue weighted by Crippen LogP contribution is 2.37. The Labute approximate surface area is 143 Å². The van der Waals surface area contributed by atoms with Crippen LogP contribution in [0.2, 0.25) is 10.0 Å². The second-order valence-electron chi connectivity index (χ2n) is 5.27. The van der Waals surface area contributed by atoms with Gasteiger partial charge in [-0.25, -0.2) is 0 Å². The van der Waals surface area contributed by atoms with E-state index in [-0.39, 0.29) is 24.8 Å². The average molecular weight is 353 g/mol. The molecule has 3 rings (SSSR count). The minimum absolute atomic E-state index is 0.130. The third-order valence-electron chi connectivity index (χ3n) is 3.72. The van der Waals surface area contributed by atoms with Gasteiger partial charge in [0.05, 0.1) is 34.5 Å². The summed E-state index contributed by atoms with van der Waals surface area (Å²) in [7, 11) is 0. The van der Waals surface area contributed by atoms with E-state index >= 15 is 0 Å². The first-order valence-electron chi connectivity index (χ1n) is 7.10. The van der Waals surface area contributed by atoms with E-state index in [2.05, 4.69) is 5.32 Å². The molecule has 5 nitrogen and oxygen atoms in total. The summed E-state index contributed by atoms with van der Waals surface area (Å²) in [5.74, 6) is -0.142. The number of rotatable bonds is 4. The molecule has 2 amide bonds. The van der Waals surface area contributed by atoms with Gasteiger partial charge in [-0.1, -0.05) is 29.3 Å². The minimum atomic E-state index is -0.440. The van der Waals surface area contributed by atoms with Gasteiger partial charge < -0.3 is 14.6 Å². The van der Waals surface area contributed by atoms with Crippen LogP contribution in [0, 0.1) is 5.92 Å². The van der Waals surface area contributed by atoms with E-state index in [4.69, 9.17) is 27.6 Å². The quantitative estimate of drug-likeness (QED) is 0.918. The Bertz CT molecular complexity index is 711. The zero-order chi connectivity index (χ0) is 16.4. The Morgan fingerprint density at radius 2 is 2.00 bits per heavy atom. The van der Waals surface area contributed by atoms with Crippen LogP contribution in [0.25, 0.3) is 0 Å². The molecule has 1 fully saturated rings. The van der Waals surface area contributed by atoms with Crippen molar-refractivity contribution in [3.63, 3.8) is 0 Å². The summed E-state index contributed by atoms with van der Waals surface area (Å²) in [6.07, 6.45) is 1.67. The highest BCUT2D eigenvalue weighted by Gasteiger charge is 2.36. The molecule has 2 heterocycles. The fourth-order valence-corrected chi connectivity index (χ4v) is 3.18. The Kier molecular flexibility index (Phi) is 4.59. The number of benzene rings is 1. The maximum Gasteiger partial charge on any atom is 0.227 e. The first-order chi connectivity index (χ1) is 11.1. The van der Waals surface area contributed by atoms with Crippen molar-refractivity contribution in [1.82, 2.24) is 5.32 Å². The van der Waals surface area contributed by atoms with Crippen LogP contribution in [0.4, 0.5) is 5.69 Å². The highest BCUT2D eigenvalue weighted by molar-refractivity contribution is 6.40. The van der Waals surface area contributed by atoms with Crippen LogP contribution >= 0.6 is 23.2 Å². The van der Waals surface area contributed by atoms with E-state index in [0.717, 1.165) is 0 Å². The lowest BCUT2D eigenvalue weighted by Gasteiger charge is -2.19. The topological polar surface area (TPSA) is 62.6 Å². The lowest BCUT2D eigenvalue weighted by atomic mass is 10.1. The van der Waals surface area contributed by atoms with Crippen molar-refractivity contribution in [3.8, 4) is 0 Å². The molecule has 7 heteroatoms. The number of nitrogens with zero attached hydrogens (tertiary/aromatic N) is 1. The Balaban J connectivity index is 1.68. The predicted octanol–water partition coefficient (Wildman–Crippen LogP) is 3.26. The molecule has 1 aromatic heterocycles. The van der Waals surface area contributed by atoms with Gasteiger partial charge in [-0.05, 0) is 24.3 Å². The average Bonchev–Trinajstić information content (AvgIpc) is 3.15. The Morgan fingerprint density at radius 1 is 1.26 bits per heavy atom. The van der Waals surface area contributed by atoms with Crippen molar-refractivity contribution in [3.05, 3.63) is 52.4 Å². The molecule has 1 atom stereocenters. The second-order valence-corrected chi connectivity index (χ2v) is 6.09. The number of hydrogen-bond acceptors (Lipinski definition) is 3. The largest absolute Gasteiger partial charge is 0.467 e. The molecule has 1 aromatic carbocycles. The summed E-state index contributed by atoms with van der Waals surface area (Å²) >= 11 is 12.3. The first-order valence-corrected chi connectivity index (χ1v) is 7.86. The van der Waals surface area contributed by atoms with Gasteiger partial charge in [0.25, 0.3) is 0 Å². The normalized spacial score (nSPS) is 17.6. The molecular formula is C16H14Cl2N2O3. The number of anilines is 1. The van der Waals surface area contributed by atoms with Crippen molar-refractivity contribution in [2.45, 2.75) is 13.0 Å². The first kappa shape index (κ1) is 15.9. The molecule has 1 unspecified atom stereocenters. The van der Waals surface area contributed by atoms with Crippen LogP contribution in [0.3, 0.4) is 0 Å². The number of hydrogen-bond donors (Lipinski definition) is 1. The van der Waals surface area contributed by atoms with Crippen LogP contribution in [0.5, 0.6) is 0 Å². The molecule has 0 radical (unpaired) electrons. The summed E-state index contributed by atoms with van der Waals surface area (Å²) in [4.78, 5) is 25.9. The standard InChI is InChI=1S/C16H14Cl2N2O3/c17-12-4-1-5-13(18)15(12)20-9-10(7-14(20)21)16(22)19-8-11-3-2-6-23-11/h1-6,10H,7-9H2,(H,19,22). The number of amides is 2. The van der Waals surface area contributed by atoms with Gasteiger partial charge in [-0.2, -0.15) is 0 Å². The molecule has 1 N–H and O–H groups in total. The molecule has 2 aromatic rings. The number of carbonyl (C=O) groups is 2. The molecule has 0 spiro atoms. The number of para-hydroxylation sites is 1. The van der Waals surface area contributed by atoms with E-state index in [1.807, 2.05) is 0 Å². The van der Waals surface area contributed by atoms with Crippen LogP contribution in [0.15, 0.2) is 41.0 Å².